The summed E-state index contributed by atoms with van der Waals surface area (Å²) in [5, 5.41) is 0. The van der Waals surface area contributed by atoms with E-state index in [4.69, 9.17) is 10.7 Å². The summed E-state index contributed by atoms with van der Waals surface area (Å²) in [7, 11) is 1.78. The van der Waals surface area contributed by atoms with E-state index in [1.807, 2.05) is 0 Å². The number of halogens is 3. The fraction of sp³-hybridized carbons (Fsp3) is 0.300. The molecule has 0 N–H and O–H groups in total. The van der Waals surface area contributed by atoms with Crippen LogP contribution in [0, 0.1) is 11.6 Å². The van der Waals surface area contributed by atoms with Crippen molar-refractivity contribution in [2.24, 2.45) is 0 Å². The lowest BCUT2D eigenvalue weighted by atomic mass is 10.2. The molecule has 1 rings (SSSR count). The van der Waals surface area contributed by atoms with Gasteiger partial charge in [0, 0.05) is 17.8 Å². The van der Waals surface area contributed by atoms with Crippen LogP contribution in [0.25, 0.3) is 0 Å². The zero-order valence-corrected chi connectivity index (χ0v) is 11.2. The zero-order chi connectivity index (χ0) is 14.6. The Hall–Kier alpha value is -1.25. The van der Waals surface area contributed by atoms with Crippen LogP contribution in [-0.4, -0.2) is 34.7 Å². The van der Waals surface area contributed by atoms with Crippen LogP contribution in [-0.2, 0) is 18.5 Å². The number of hydrogen-bond acceptors (Lipinski definition) is 5. The Bertz CT molecular complexity index is 588. The Morgan fingerprint density at radius 1 is 1.32 bits per heavy atom. The number of esters is 1. The first-order valence-electron chi connectivity index (χ1n) is 4.87. The van der Waals surface area contributed by atoms with E-state index in [1.165, 1.54) is 7.11 Å². The van der Waals surface area contributed by atoms with Gasteiger partial charge in [-0.1, -0.05) is 0 Å². The van der Waals surface area contributed by atoms with E-state index in [9.17, 15) is 22.0 Å². The van der Waals surface area contributed by atoms with Gasteiger partial charge in [-0.05, 0) is 12.1 Å². The Morgan fingerprint density at radius 2 is 1.95 bits per heavy atom. The second-order valence-corrected chi connectivity index (χ2v) is 5.87. The summed E-state index contributed by atoms with van der Waals surface area (Å²) in [6.45, 7) is -0.127. The molecule has 0 spiro atoms. The highest BCUT2D eigenvalue weighted by molar-refractivity contribution is 8.13. The van der Waals surface area contributed by atoms with Crippen molar-refractivity contribution in [1.29, 1.82) is 0 Å². The number of carbonyl (C=O) groups is 1. The molecule has 106 valence electrons. The minimum absolute atomic E-state index is 0.0589. The topological polar surface area (TPSA) is 69.7 Å². The van der Waals surface area contributed by atoms with Crippen molar-refractivity contribution in [2.75, 3.05) is 20.3 Å². The van der Waals surface area contributed by atoms with Crippen molar-refractivity contribution >= 4 is 25.7 Å². The average Bonchev–Trinajstić information content (AvgIpc) is 2.30. The summed E-state index contributed by atoms with van der Waals surface area (Å²) < 4.78 is 58.1. The Kier molecular flexibility index (Phi) is 5.21. The molecule has 9 heteroatoms. The Balaban J connectivity index is 3.15. The third-order valence-corrected chi connectivity index (χ3v) is 3.33. The van der Waals surface area contributed by atoms with Gasteiger partial charge in [-0.3, -0.25) is 0 Å². The third-order valence-electron chi connectivity index (χ3n) is 2.01. The Morgan fingerprint density at radius 3 is 2.47 bits per heavy atom. The molecule has 5 nitrogen and oxygen atoms in total. The van der Waals surface area contributed by atoms with E-state index < -0.39 is 37.1 Å². The Labute approximate surface area is 112 Å². The molecule has 0 saturated heterocycles. The van der Waals surface area contributed by atoms with Gasteiger partial charge in [0.25, 0.3) is 9.05 Å². The number of carbonyl (C=O) groups excluding carboxylic acids is 1. The molecule has 0 amide bonds. The van der Waals surface area contributed by atoms with Crippen molar-refractivity contribution in [1.82, 2.24) is 0 Å². The van der Waals surface area contributed by atoms with E-state index >= 15 is 0 Å². The SMILES string of the molecule is COCCOC(=O)c1cc(F)cc(S(=O)(=O)Cl)c1F. The van der Waals surface area contributed by atoms with Crippen LogP contribution >= 0.6 is 10.7 Å². The maximum Gasteiger partial charge on any atom is 0.341 e. The molecule has 0 fully saturated rings. The summed E-state index contributed by atoms with van der Waals surface area (Å²) in [5.41, 5.74) is -0.852. The van der Waals surface area contributed by atoms with Crippen LogP contribution in [0.2, 0.25) is 0 Å². The average molecular weight is 315 g/mol. The molecular weight excluding hydrogens is 306 g/mol. The maximum absolute atomic E-state index is 13.7. The van der Waals surface area contributed by atoms with Gasteiger partial charge in [0.05, 0.1) is 12.2 Å². The minimum Gasteiger partial charge on any atom is -0.460 e. The molecule has 0 aromatic heterocycles. The lowest BCUT2D eigenvalue weighted by Gasteiger charge is -2.07. The number of methoxy groups -OCH3 is 1. The molecule has 0 aliphatic carbocycles. The lowest BCUT2D eigenvalue weighted by molar-refractivity contribution is 0.0382. The number of benzene rings is 1. The van der Waals surface area contributed by atoms with Gasteiger partial charge < -0.3 is 9.47 Å². The van der Waals surface area contributed by atoms with Crippen LogP contribution in [0.3, 0.4) is 0 Å². The predicted molar refractivity (Wildman–Crippen MR) is 61.6 cm³/mol. The first-order chi connectivity index (χ1) is 8.77. The molecule has 0 bridgehead atoms. The molecule has 0 aliphatic rings. The lowest BCUT2D eigenvalue weighted by Crippen LogP contribution is -2.13. The van der Waals surface area contributed by atoms with Gasteiger partial charge in [0.1, 0.15) is 17.3 Å². The van der Waals surface area contributed by atoms with Gasteiger partial charge >= 0.3 is 5.97 Å². The van der Waals surface area contributed by atoms with E-state index in [0.29, 0.717) is 12.1 Å². The highest BCUT2D eigenvalue weighted by atomic mass is 35.7. The number of rotatable bonds is 5. The molecular formula is C10H9ClF2O5S. The molecule has 0 saturated carbocycles. The summed E-state index contributed by atoms with van der Waals surface area (Å²) >= 11 is 0. The third kappa shape index (κ3) is 4.12. The van der Waals surface area contributed by atoms with Gasteiger partial charge in [-0.15, -0.1) is 0 Å². The van der Waals surface area contributed by atoms with E-state index in [-0.39, 0.29) is 13.2 Å². The molecule has 0 radical (unpaired) electrons. The molecule has 0 unspecified atom stereocenters. The van der Waals surface area contributed by atoms with Crippen molar-refractivity contribution < 1.29 is 31.5 Å². The van der Waals surface area contributed by atoms with Crippen molar-refractivity contribution in [3.05, 3.63) is 29.3 Å². The van der Waals surface area contributed by atoms with Crippen molar-refractivity contribution in [3.63, 3.8) is 0 Å². The molecule has 0 aliphatic heterocycles. The summed E-state index contributed by atoms with van der Waals surface area (Å²) in [4.78, 5) is 10.3. The van der Waals surface area contributed by atoms with Crippen LogP contribution in [0.5, 0.6) is 0 Å². The van der Waals surface area contributed by atoms with Crippen LogP contribution in [0.4, 0.5) is 8.78 Å². The smallest absolute Gasteiger partial charge is 0.341 e. The monoisotopic (exact) mass is 314 g/mol. The predicted octanol–water partition coefficient (Wildman–Crippen LogP) is 1.70. The molecule has 19 heavy (non-hydrogen) atoms. The van der Waals surface area contributed by atoms with Crippen LogP contribution < -0.4 is 0 Å². The van der Waals surface area contributed by atoms with E-state index in [0.717, 1.165) is 0 Å². The highest BCUT2D eigenvalue weighted by Crippen LogP contribution is 2.23. The molecule has 1 aromatic rings. The van der Waals surface area contributed by atoms with Gasteiger partial charge in [0.15, 0.2) is 5.82 Å². The van der Waals surface area contributed by atoms with Gasteiger partial charge in [0.2, 0.25) is 0 Å². The quantitative estimate of drug-likeness (QED) is 0.470. The maximum atomic E-state index is 13.7. The van der Waals surface area contributed by atoms with Gasteiger partial charge in [-0.2, -0.15) is 0 Å². The normalized spacial score (nSPS) is 11.4. The number of hydrogen-bond donors (Lipinski definition) is 0. The first-order valence-corrected chi connectivity index (χ1v) is 7.18. The second kappa shape index (κ2) is 6.27. The second-order valence-electron chi connectivity index (χ2n) is 3.33. The van der Waals surface area contributed by atoms with Crippen molar-refractivity contribution in [2.45, 2.75) is 4.90 Å². The highest BCUT2D eigenvalue weighted by Gasteiger charge is 2.25. The standard InChI is InChI=1S/C10H9ClF2O5S/c1-17-2-3-18-10(14)7-4-6(12)5-8(9(7)13)19(11,15)16/h4-5H,2-3H2,1H3. The van der Waals surface area contributed by atoms with Crippen LogP contribution in [0.15, 0.2) is 17.0 Å². The fourth-order valence-corrected chi connectivity index (χ4v) is 2.10. The van der Waals surface area contributed by atoms with E-state index in [1.54, 1.807) is 0 Å². The van der Waals surface area contributed by atoms with E-state index in [2.05, 4.69) is 9.47 Å². The van der Waals surface area contributed by atoms with Gasteiger partial charge in [-0.25, -0.2) is 22.0 Å². The first kappa shape index (κ1) is 15.8. The molecule has 1 aromatic carbocycles. The summed E-state index contributed by atoms with van der Waals surface area (Å²) in [6.07, 6.45) is 0. The van der Waals surface area contributed by atoms with Crippen molar-refractivity contribution in [3.8, 4) is 0 Å². The summed E-state index contributed by atoms with van der Waals surface area (Å²) in [6, 6.07) is 0.902. The summed E-state index contributed by atoms with van der Waals surface area (Å²) in [5.74, 6) is -3.80. The molecule has 0 heterocycles. The fourth-order valence-electron chi connectivity index (χ4n) is 1.19. The number of ether oxygens (including phenoxy) is 2. The minimum atomic E-state index is -4.51. The molecule has 0 atom stereocenters. The van der Waals surface area contributed by atoms with Crippen LogP contribution in [0.1, 0.15) is 10.4 Å². The zero-order valence-electron chi connectivity index (χ0n) is 9.65. The largest absolute Gasteiger partial charge is 0.460 e.